The van der Waals surface area contributed by atoms with Crippen LogP contribution in [0.2, 0.25) is 0 Å². The lowest BCUT2D eigenvalue weighted by molar-refractivity contribution is -0.121. The van der Waals surface area contributed by atoms with Gasteiger partial charge in [-0.05, 0) is 19.1 Å². The van der Waals surface area contributed by atoms with Crippen molar-refractivity contribution in [2.75, 3.05) is 6.54 Å². The van der Waals surface area contributed by atoms with Crippen LogP contribution < -0.4 is 11.1 Å². The minimum atomic E-state index is -0.104. The second-order valence-corrected chi connectivity index (χ2v) is 5.59. The number of hydrogen-bond donors (Lipinski definition) is 2. The van der Waals surface area contributed by atoms with E-state index in [2.05, 4.69) is 15.3 Å². The molecule has 5 nitrogen and oxygen atoms in total. The molecule has 1 atom stereocenters. The Labute approximate surface area is 146 Å². The third-order valence-corrected chi connectivity index (χ3v) is 3.60. The highest BCUT2D eigenvalue weighted by Gasteiger charge is 2.06. The largest absolute Gasteiger partial charge is 0.356 e. The number of nitrogens with one attached hydrogen (secondary N) is 1. The quantitative estimate of drug-likeness (QED) is 0.826. The molecule has 0 aliphatic rings. The summed E-state index contributed by atoms with van der Waals surface area (Å²) >= 11 is 1.60. The van der Waals surface area contributed by atoms with Gasteiger partial charge in [-0.15, -0.1) is 36.2 Å². The first-order chi connectivity index (χ1) is 9.65. The molecule has 2 aromatic rings. The summed E-state index contributed by atoms with van der Waals surface area (Å²) in [5, 5.41) is 5.88. The van der Waals surface area contributed by atoms with E-state index in [0.29, 0.717) is 13.0 Å². The van der Waals surface area contributed by atoms with Crippen LogP contribution in [0.3, 0.4) is 0 Å². The SMILES string of the molecule is CC(N)CC(=O)NCCc1nc(-c2ccncc2)cs1.Cl.Cl. The van der Waals surface area contributed by atoms with Crippen molar-refractivity contribution in [3.63, 3.8) is 0 Å². The first kappa shape index (κ1) is 20.8. The van der Waals surface area contributed by atoms with Gasteiger partial charge in [0.25, 0.3) is 0 Å². The molecular formula is C14H20Cl2N4OS. The van der Waals surface area contributed by atoms with Gasteiger partial charge in [-0.25, -0.2) is 4.98 Å². The van der Waals surface area contributed by atoms with Gasteiger partial charge in [0.1, 0.15) is 0 Å². The van der Waals surface area contributed by atoms with E-state index in [-0.39, 0.29) is 36.8 Å². The van der Waals surface area contributed by atoms with Gasteiger partial charge in [0, 0.05) is 48.8 Å². The summed E-state index contributed by atoms with van der Waals surface area (Å²) in [6.07, 6.45) is 4.60. The van der Waals surface area contributed by atoms with Crippen molar-refractivity contribution in [3.05, 3.63) is 34.9 Å². The molecule has 0 bridgehead atoms. The third-order valence-electron chi connectivity index (χ3n) is 2.70. The van der Waals surface area contributed by atoms with Crippen LogP contribution in [0.5, 0.6) is 0 Å². The number of nitrogens with two attached hydrogens (primary N) is 1. The Balaban J connectivity index is 0.00000220. The molecule has 0 saturated heterocycles. The Hall–Kier alpha value is -1.21. The predicted molar refractivity (Wildman–Crippen MR) is 94.8 cm³/mol. The maximum atomic E-state index is 11.5. The van der Waals surface area contributed by atoms with Crippen LogP contribution in [0, 0.1) is 0 Å². The van der Waals surface area contributed by atoms with E-state index in [1.165, 1.54) is 0 Å². The normalized spacial score (nSPS) is 11.0. The van der Waals surface area contributed by atoms with Gasteiger partial charge < -0.3 is 11.1 Å². The van der Waals surface area contributed by atoms with Crippen LogP contribution in [-0.4, -0.2) is 28.5 Å². The van der Waals surface area contributed by atoms with Gasteiger partial charge in [-0.2, -0.15) is 0 Å². The maximum Gasteiger partial charge on any atom is 0.221 e. The van der Waals surface area contributed by atoms with Crippen molar-refractivity contribution in [1.29, 1.82) is 0 Å². The number of rotatable bonds is 6. The number of carbonyl (C=O) groups is 1. The fourth-order valence-electron chi connectivity index (χ4n) is 1.75. The number of amides is 1. The molecule has 8 heteroatoms. The first-order valence-corrected chi connectivity index (χ1v) is 7.40. The minimum Gasteiger partial charge on any atom is -0.356 e. The molecular weight excluding hydrogens is 343 g/mol. The zero-order valence-corrected chi connectivity index (χ0v) is 14.6. The Morgan fingerprint density at radius 1 is 1.36 bits per heavy atom. The lowest BCUT2D eigenvalue weighted by Crippen LogP contribution is -2.31. The second-order valence-electron chi connectivity index (χ2n) is 4.64. The van der Waals surface area contributed by atoms with Crippen LogP contribution in [0.1, 0.15) is 18.4 Å². The molecule has 122 valence electrons. The summed E-state index contributed by atoms with van der Waals surface area (Å²) in [7, 11) is 0. The van der Waals surface area contributed by atoms with E-state index in [9.17, 15) is 4.79 Å². The minimum absolute atomic E-state index is 0. The van der Waals surface area contributed by atoms with Crippen molar-refractivity contribution in [3.8, 4) is 11.3 Å². The Morgan fingerprint density at radius 2 is 2.05 bits per heavy atom. The van der Waals surface area contributed by atoms with Crippen LogP contribution >= 0.6 is 36.2 Å². The number of carbonyl (C=O) groups excluding carboxylic acids is 1. The fraction of sp³-hybridized carbons (Fsp3) is 0.357. The molecule has 1 unspecified atom stereocenters. The lowest BCUT2D eigenvalue weighted by atomic mass is 10.2. The van der Waals surface area contributed by atoms with E-state index in [0.717, 1.165) is 22.7 Å². The molecule has 1 amide bonds. The molecule has 0 aromatic carbocycles. The topological polar surface area (TPSA) is 80.9 Å². The van der Waals surface area contributed by atoms with Crippen LogP contribution in [-0.2, 0) is 11.2 Å². The van der Waals surface area contributed by atoms with Crippen LogP contribution in [0.4, 0.5) is 0 Å². The number of pyridine rings is 1. The smallest absolute Gasteiger partial charge is 0.221 e. The molecule has 22 heavy (non-hydrogen) atoms. The summed E-state index contributed by atoms with van der Waals surface area (Å²) < 4.78 is 0. The third kappa shape index (κ3) is 6.70. The number of nitrogens with zero attached hydrogens (tertiary/aromatic N) is 2. The lowest BCUT2D eigenvalue weighted by Gasteiger charge is -2.05. The van der Waals surface area contributed by atoms with Gasteiger partial charge in [0.05, 0.1) is 10.7 Å². The van der Waals surface area contributed by atoms with Crippen LogP contribution in [0.15, 0.2) is 29.9 Å². The highest BCUT2D eigenvalue weighted by atomic mass is 35.5. The summed E-state index contributed by atoms with van der Waals surface area (Å²) in [6, 6.07) is 3.76. The van der Waals surface area contributed by atoms with E-state index < -0.39 is 0 Å². The summed E-state index contributed by atoms with van der Waals surface area (Å²) in [5.74, 6) is -0.00841. The molecule has 0 saturated carbocycles. The zero-order valence-electron chi connectivity index (χ0n) is 12.2. The Morgan fingerprint density at radius 3 is 2.68 bits per heavy atom. The van der Waals surface area contributed by atoms with Gasteiger partial charge >= 0.3 is 0 Å². The van der Waals surface area contributed by atoms with Gasteiger partial charge in [0.15, 0.2) is 0 Å². The van der Waals surface area contributed by atoms with E-state index in [1.54, 1.807) is 23.7 Å². The van der Waals surface area contributed by atoms with E-state index in [4.69, 9.17) is 5.73 Å². The second kappa shape index (κ2) is 10.5. The van der Waals surface area contributed by atoms with Crippen molar-refractivity contribution in [2.45, 2.75) is 25.8 Å². The van der Waals surface area contributed by atoms with Crippen molar-refractivity contribution < 1.29 is 4.79 Å². The zero-order chi connectivity index (χ0) is 14.4. The standard InChI is InChI=1S/C14H18N4OS.2ClH/c1-10(15)8-13(19)17-7-4-14-18-12(9-20-14)11-2-5-16-6-3-11;;/h2-3,5-6,9-10H,4,7-8,15H2,1H3,(H,17,19);2*1H. The number of hydrogen-bond acceptors (Lipinski definition) is 5. The highest BCUT2D eigenvalue weighted by molar-refractivity contribution is 7.09. The van der Waals surface area contributed by atoms with Gasteiger partial charge in [-0.1, -0.05) is 0 Å². The van der Waals surface area contributed by atoms with Crippen molar-refractivity contribution in [1.82, 2.24) is 15.3 Å². The maximum absolute atomic E-state index is 11.5. The number of halogens is 2. The number of thiazole rings is 1. The summed E-state index contributed by atoms with van der Waals surface area (Å²) in [5.41, 5.74) is 7.58. The average Bonchev–Trinajstić information content (AvgIpc) is 2.88. The molecule has 2 rings (SSSR count). The summed E-state index contributed by atoms with van der Waals surface area (Å²) in [4.78, 5) is 20.0. The predicted octanol–water partition coefficient (Wildman–Crippen LogP) is 2.44. The van der Waals surface area contributed by atoms with E-state index in [1.807, 2.05) is 24.4 Å². The Bertz CT molecular complexity index is 563. The van der Waals surface area contributed by atoms with Gasteiger partial charge in [-0.3, -0.25) is 9.78 Å². The monoisotopic (exact) mass is 362 g/mol. The molecule has 2 aromatic heterocycles. The Kier molecular flexibility index (Phi) is 9.93. The molecule has 2 heterocycles. The van der Waals surface area contributed by atoms with Crippen molar-refractivity contribution in [2.24, 2.45) is 5.73 Å². The number of aromatic nitrogens is 2. The molecule has 0 fully saturated rings. The molecule has 0 radical (unpaired) electrons. The summed E-state index contributed by atoms with van der Waals surface area (Å²) in [6.45, 7) is 2.41. The molecule has 0 aliphatic carbocycles. The molecule has 3 N–H and O–H groups in total. The molecule has 0 aliphatic heterocycles. The van der Waals surface area contributed by atoms with E-state index >= 15 is 0 Å². The average molecular weight is 363 g/mol. The first-order valence-electron chi connectivity index (χ1n) is 6.52. The van der Waals surface area contributed by atoms with Crippen LogP contribution in [0.25, 0.3) is 11.3 Å². The molecule has 0 spiro atoms. The van der Waals surface area contributed by atoms with Gasteiger partial charge in [0.2, 0.25) is 5.91 Å². The highest BCUT2D eigenvalue weighted by Crippen LogP contribution is 2.21. The fourth-order valence-corrected chi connectivity index (χ4v) is 2.56. The van der Waals surface area contributed by atoms with Crippen molar-refractivity contribution >= 4 is 42.1 Å².